The molecular weight excluding hydrogens is 683 g/mol. The molecule has 1 aromatic carbocycles. The first kappa shape index (κ1) is 34.8. The zero-order valence-corrected chi connectivity index (χ0v) is 27.9. The lowest BCUT2D eigenvalue weighted by Crippen LogP contribution is -2.39. The van der Waals surface area contributed by atoms with Gasteiger partial charge in [-0.2, -0.15) is 22.7 Å². The number of hydrogen-bond donors (Lipinski definition) is 2. The molecule has 0 saturated carbocycles. The van der Waals surface area contributed by atoms with E-state index in [0.717, 1.165) is 28.3 Å². The molecule has 0 bridgehead atoms. The van der Waals surface area contributed by atoms with Gasteiger partial charge in [-0.05, 0) is 50.0 Å². The molecule has 4 aromatic rings. The number of anilines is 2. The predicted molar refractivity (Wildman–Crippen MR) is 176 cm³/mol. The van der Waals surface area contributed by atoms with E-state index >= 15 is 0 Å². The van der Waals surface area contributed by atoms with E-state index in [0.29, 0.717) is 57.1 Å². The van der Waals surface area contributed by atoms with Gasteiger partial charge in [0, 0.05) is 26.2 Å². The molecule has 3 aromatic heterocycles. The third-order valence-electron chi connectivity index (χ3n) is 8.59. The third-order valence-corrected chi connectivity index (χ3v) is 8.90. The molecule has 0 spiro atoms. The quantitative estimate of drug-likeness (QED) is 0.289. The van der Waals surface area contributed by atoms with Crippen molar-refractivity contribution in [2.24, 2.45) is 0 Å². The van der Waals surface area contributed by atoms with Crippen LogP contribution in [0.3, 0.4) is 0 Å². The Kier molecular flexibility index (Phi) is 9.80. The Bertz CT molecular complexity index is 2060. The van der Waals surface area contributed by atoms with Gasteiger partial charge < -0.3 is 29.5 Å². The molecular formula is C32H33ClF3N9O5. The largest absolute Gasteiger partial charge is 0.504 e. The van der Waals surface area contributed by atoms with Gasteiger partial charge in [-0.15, -0.1) is 5.10 Å². The van der Waals surface area contributed by atoms with Gasteiger partial charge in [0.05, 0.1) is 40.9 Å². The number of alkyl halides is 3. The molecule has 0 radical (unpaired) electrons. The fraction of sp³-hybridized carbons (Fsp3) is 0.406. The van der Waals surface area contributed by atoms with Gasteiger partial charge in [-0.1, -0.05) is 24.6 Å². The van der Waals surface area contributed by atoms with E-state index in [2.05, 4.69) is 25.4 Å². The fourth-order valence-electron chi connectivity index (χ4n) is 6.04. The minimum absolute atomic E-state index is 0.0169. The van der Waals surface area contributed by atoms with Crippen molar-refractivity contribution in [2.45, 2.75) is 45.8 Å². The monoisotopic (exact) mass is 715 g/mol. The highest BCUT2D eigenvalue weighted by atomic mass is 35.5. The maximum atomic E-state index is 14.2. The van der Waals surface area contributed by atoms with Crippen LogP contribution in [0.5, 0.6) is 5.75 Å². The van der Waals surface area contributed by atoms with E-state index < -0.39 is 29.1 Å². The standard InChI is InChI=1S/C32H33ClF3N9O5/c1-3-23-26(42-9-4-10-43(12-11-42)29(48)25-27(47)18(2)37-17-38-25)30(49)45-31(40-28(41-45)19-7-13-50-14-8-19)44(23)16-24(46)39-22-6-5-20(15-21(22)33)32(34,35)36/h5-7,15,17,47H,3-4,8-14,16H2,1-2H3,(H,39,46). The second-order valence-electron chi connectivity index (χ2n) is 11.8. The van der Waals surface area contributed by atoms with Gasteiger partial charge in [0.15, 0.2) is 17.3 Å². The Labute approximate surface area is 288 Å². The average Bonchev–Trinajstić information content (AvgIpc) is 3.40. The molecule has 0 atom stereocenters. The van der Waals surface area contributed by atoms with Crippen molar-refractivity contribution in [3.8, 4) is 5.75 Å². The predicted octanol–water partition coefficient (Wildman–Crippen LogP) is 3.72. The lowest BCUT2D eigenvalue weighted by Gasteiger charge is -2.27. The number of benzene rings is 1. The first-order valence-electron chi connectivity index (χ1n) is 15.9. The van der Waals surface area contributed by atoms with Crippen LogP contribution in [-0.2, 0) is 28.7 Å². The molecule has 18 heteroatoms. The van der Waals surface area contributed by atoms with Crippen LogP contribution in [0.15, 0.2) is 35.4 Å². The first-order chi connectivity index (χ1) is 23.9. The lowest BCUT2D eigenvalue weighted by molar-refractivity contribution is -0.137. The number of nitrogens with one attached hydrogen (secondary N) is 1. The number of ether oxygens (including phenoxy) is 1. The number of nitrogens with zero attached hydrogens (tertiary/aromatic N) is 8. The second-order valence-corrected chi connectivity index (χ2v) is 12.2. The number of hydrogen-bond acceptors (Lipinski definition) is 10. The summed E-state index contributed by atoms with van der Waals surface area (Å²) in [6.45, 7) is 4.96. The molecule has 2 N–H and O–H groups in total. The van der Waals surface area contributed by atoms with Crippen molar-refractivity contribution in [3.05, 3.63) is 74.4 Å². The van der Waals surface area contributed by atoms with Crippen LogP contribution >= 0.6 is 11.6 Å². The summed E-state index contributed by atoms with van der Waals surface area (Å²) >= 11 is 6.12. The Morgan fingerprint density at radius 1 is 1.14 bits per heavy atom. The molecule has 1 fully saturated rings. The zero-order chi connectivity index (χ0) is 35.7. The van der Waals surface area contributed by atoms with E-state index in [-0.39, 0.29) is 58.9 Å². The number of aromatic hydroxyl groups is 1. The summed E-state index contributed by atoms with van der Waals surface area (Å²) in [5.74, 6) is -0.981. The van der Waals surface area contributed by atoms with Crippen LogP contribution in [0.2, 0.25) is 5.02 Å². The van der Waals surface area contributed by atoms with Gasteiger partial charge in [0.1, 0.15) is 18.6 Å². The minimum Gasteiger partial charge on any atom is -0.504 e. The summed E-state index contributed by atoms with van der Waals surface area (Å²) < 4.78 is 47.7. The first-order valence-corrected chi connectivity index (χ1v) is 16.3. The lowest BCUT2D eigenvalue weighted by atomic mass is 10.1. The molecule has 14 nitrogen and oxygen atoms in total. The van der Waals surface area contributed by atoms with Crippen molar-refractivity contribution in [1.82, 2.24) is 34.0 Å². The number of amides is 2. The number of carbonyl (C=O) groups is 2. The van der Waals surface area contributed by atoms with E-state index in [1.165, 1.54) is 6.33 Å². The van der Waals surface area contributed by atoms with Crippen molar-refractivity contribution >= 4 is 46.1 Å². The summed E-state index contributed by atoms with van der Waals surface area (Å²) in [6.07, 6.45) is -0.295. The molecule has 0 unspecified atom stereocenters. The number of aromatic nitrogens is 6. The molecule has 5 heterocycles. The maximum Gasteiger partial charge on any atom is 0.416 e. The van der Waals surface area contributed by atoms with Crippen LogP contribution in [0.25, 0.3) is 11.4 Å². The molecule has 2 aliphatic rings. The van der Waals surface area contributed by atoms with E-state index in [1.807, 2.05) is 17.9 Å². The molecule has 0 aliphatic carbocycles. The van der Waals surface area contributed by atoms with Crippen LogP contribution in [-0.4, -0.2) is 90.3 Å². The summed E-state index contributed by atoms with van der Waals surface area (Å²) in [6, 6.07) is 2.63. The Hall–Kier alpha value is -5.03. The van der Waals surface area contributed by atoms with Crippen molar-refractivity contribution in [2.75, 3.05) is 49.6 Å². The second kappa shape index (κ2) is 14.1. The zero-order valence-electron chi connectivity index (χ0n) is 27.1. The molecule has 264 valence electrons. The number of halogens is 4. The van der Waals surface area contributed by atoms with Gasteiger partial charge in [-0.25, -0.2) is 9.97 Å². The number of fused-ring (bicyclic) bond motifs is 1. The van der Waals surface area contributed by atoms with Gasteiger partial charge in [0.2, 0.25) is 11.7 Å². The van der Waals surface area contributed by atoms with Crippen molar-refractivity contribution < 1.29 is 32.6 Å². The third kappa shape index (κ3) is 6.87. The maximum absolute atomic E-state index is 14.2. The summed E-state index contributed by atoms with van der Waals surface area (Å²) in [5, 5.41) is 17.2. The average molecular weight is 716 g/mol. The molecule has 2 amide bonds. The van der Waals surface area contributed by atoms with Crippen LogP contribution in [0.4, 0.5) is 24.5 Å². The molecule has 2 aliphatic heterocycles. The van der Waals surface area contributed by atoms with E-state index in [4.69, 9.17) is 16.3 Å². The number of rotatable bonds is 7. The summed E-state index contributed by atoms with van der Waals surface area (Å²) in [7, 11) is 0. The van der Waals surface area contributed by atoms with Gasteiger partial charge >= 0.3 is 6.18 Å². The highest BCUT2D eigenvalue weighted by Gasteiger charge is 2.32. The highest BCUT2D eigenvalue weighted by molar-refractivity contribution is 6.33. The van der Waals surface area contributed by atoms with Gasteiger partial charge in [0.25, 0.3) is 11.5 Å². The fourth-order valence-corrected chi connectivity index (χ4v) is 6.27. The number of carbonyl (C=O) groups excluding carboxylic acids is 2. The number of aryl methyl sites for hydroxylation is 1. The van der Waals surface area contributed by atoms with Gasteiger partial charge in [-0.3, -0.25) is 14.4 Å². The Morgan fingerprint density at radius 3 is 2.64 bits per heavy atom. The topological polar surface area (TPSA) is 160 Å². The SMILES string of the molecule is CCc1c(N2CCCN(C(=O)c3ncnc(C)c3O)CC2)c(=O)n2nc(C3=CCOCC3)nc2n1CC(=O)Nc1ccc(C(F)(F)F)cc1Cl. The van der Waals surface area contributed by atoms with E-state index in [1.54, 1.807) is 16.4 Å². The van der Waals surface area contributed by atoms with Crippen molar-refractivity contribution in [3.63, 3.8) is 0 Å². The minimum atomic E-state index is -4.61. The van der Waals surface area contributed by atoms with Crippen LogP contribution < -0.4 is 15.8 Å². The van der Waals surface area contributed by atoms with Crippen LogP contribution in [0, 0.1) is 6.92 Å². The smallest absolute Gasteiger partial charge is 0.416 e. The van der Waals surface area contributed by atoms with Crippen molar-refractivity contribution in [1.29, 1.82) is 0 Å². The van der Waals surface area contributed by atoms with E-state index in [9.17, 15) is 32.7 Å². The molecule has 1 saturated heterocycles. The normalized spacial score (nSPS) is 15.6. The Balaban J connectivity index is 1.37. The Morgan fingerprint density at radius 2 is 1.94 bits per heavy atom. The summed E-state index contributed by atoms with van der Waals surface area (Å²) in [4.78, 5) is 57.0. The molecule has 50 heavy (non-hydrogen) atoms. The highest BCUT2D eigenvalue weighted by Crippen LogP contribution is 2.34. The summed E-state index contributed by atoms with van der Waals surface area (Å²) in [5.41, 5.74) is 0.244. The van der Waals surface area contributed by atoms with Crippen LogP contribution in [0.1, 0.15) is 53.0 Å². The molecule has 6 rings (SSSR count).